The number of aryl methyl sites for hydroxylation is 6. The fraction of sp³-hybridized carbons (Fsp3) is 0.0789. The van der Waals surface area contributed by atoms with Crippen LogP contribution >= 0.6 is 0 Å². The first-order valence-corrected chi connectivity index (χ1v) is 29.3. The summed E-state index contributed by atoms with van der Waals surface area (Å²) in [5, 5.41) is 0. The Balaban J connectivity index is 0.000000170. The number of aromatic nitrogens is 10. The summed E-state index contributed by atoms with van der Waals surface area (Å²) in [5.41, 5.74) is 32.3. The van der Waals surface area contributed by atoms with E-state index < -0.39 is 0 Å². The Bertz CT molecular complexity index is 4880. The van der Waals surface area contributed by atoms with Gasteiger partial charge in [-0.2, -0.15) is 12.4 Å². The molecule has 0 atom stereocenters. The molecule has 0 unspecified atom stereocenters. The third kappa shape index (κ3) is 11.6. The van der Waals surface area contributed by atoms with E-state index >= 15 is 0 Å². The van der Waals surface area contributed by atoms with Crippen molar-refractivity contribution in [1.29, 1.82) is 0 Å². The SMILES string of the molecule is Cc1c2nc(c(C)c3ccc([n-]3)c(-c3ccc(/C(=C4\C=CC=N4)c4ccc[n-]4)cc3)c3nc(c(C)c4ccc1[n-]4)C=C3)C=C2.Cc1c2nc(c(C)c3ccc([n-]3)c(-c3ccc(/C(=C4\C=CC=N4)c4ccc[n-]4)cc3)c3nc(c(C)c4ccc1[n-]4)C=C3)C=C2.[Zn+2].[Zn+2].[Zn+2]. The number of allylic oxidation sites excluding steroid dienone is 4. The van der Waals surface area contributed by atoms with Crippen LogP contribution in [0, 0.1) is 41.5 Å². The summed E-state index contributed by atoms with van der Waals surface area (Å²) >= 11 is 0. The van der Waals surface area contributed by atoms with Crippen LogP contribution in [0.4, 0.5) is 0 Å². The van der Waals surface area contributed by atoms with Gasteiger partial charge in [0.05, 0.1) is 56.9 Å². The van der Waals surface area contributed by atoms with E-state index in [0.717, 1.165) is 190 Å². The standard InChI is InChI=1S/2C38H27N6.3Zn/c2*1-22-27-12-14-29(41-27)23(2)31-16-18-35(43-31)38(36-19-17-32(44-36)24(3)30-15-13-28(22)42-30)26-10-8-25(9-11-26)37(33-6-4-20-39-33)34-7-5-21-40-34;;;/h2*4-21H,1-3H3;;;/q2*-3;3*+2/b2*27-22?,28-22?,29-23?,30-24?,31-23?,32-24?,37-33-,38-35?,38-36?;;;. The van der Waals surface area contributed by atoms with Crippen LogP contribution in [0.1, 0.15) is 101 Å². The van der Waals surface area contributed by atoms with Gasteiger partial charge in [0.2, 0.25) is 0 Å². The normalized spacial score (nSPS) is 14.1. The molecule has 12 nitrogen and oxygen atoms in total. The molecule has 6 aliphatic rings. The number of aliphatic imine (C=N–C) groups is 2. The van der Waals surface area contributed by atoms with Crippen molar-refractivity contribution < 1.29 is 58.4 Å². The van der Waals surface area contributed by atoms with Gasteiger partial charge in [0.25, 0.3) is 0 Å². The molecule has 6 aliphatic heterocycles. The molecule has 0 spiro atoms. The molecule has 0 saturated carbocycles. The molecule has 0 fully saturated rings. The average Bonchev–Trinajstić information content (AvgIpc) is 1.80. The van der Waals surface area contributed by atoms with E-state index in [1.807, 2.05) is 73.4 Å². The molecule has 2 aromatic carbocycles. The Hall–Kier alpha value is -9.63. The third-order valence-electron chi connectivity index (χ3n) is 16.9. The first kappa shape index (κ1) is 61.6. The number of nitrogens with zero attached hydrogens (tertiary/aromatic N) is 12. The number of fused-ring (bicyclic) bond motifs is 16. The predicted octanol–water partition coefficient (Wildman–Crippen LogP) is 15.7. The van der Waals surface area contributed by atoms with Gasteiger partial charge in [0.1, 0.15) is 0 Å². The van der Waals surface area contributed by atoms with Crippen LogP contribution in [0.2, 0.25) is 0 Å². The van der Waals surface area contributed by atoms with E-state index in [2.05, 4.69) is 207 Å². The van der Waals surface area contributed by atoms with Gasteiger partial charge in [0, 0.05) is 12.4 Å². The number of benzene rings is 2. The summed E-state index contributed by atoms with van der Waals surface area (Å²) in [6.45, 7) is 12.5. The number of rotatable bonds is 6. The summed E-state index contributed by atoms with van der Waals surface area (Å²) in [7, 11) is 0. The quantitative estimate of drug-likeness (QED) is 0.147. The molecule has 0 aliphatic carbocycles. The van der Waals surface area contributed by atoms with Gasteiger partial charge in [-0.3, -0.25) is 9.98 Å². The second-order valence-corrected chi connectivity index (χ2v) is 22.2. The zero-order valence-electron chi connectivity index (χ0n) is 51.3. The van der Waals surface area contributed by atoms with Crippen molar-refractivity contribution in [2.24, 2.45) is 9.98 Å². The van der Waals surface area contributed by atoms with Crippen LogP contribution in [-0.2, 0) is 58.4 Å². The van der Waals surface area contributed by atoms with Gasteiger partial charge in [-0.05, 0) is 192 Å². The fourth-order valence-corrected chi connectivity index (χ4v) is 11.9. The average molecular weight is 1330 g/mol. The summed E-state index contributed by atoms with van der Waals surface area (Å²) in [5.74, 6) is 0. The van der Waals surface area contributed by atoms with Crippen LogP contribution in [0.25, 0.3) is 126 Å². The molecule has 424 valence electrons. The minimum Gasteiger partial charge on any atom is -0.664 e. The second kappa shape index (κ2) is 25.7. The molecule has 15 heteroatoms. The van der Waals surface area contributed by atoms with Crippen LogP contribution in [-0.4, -0.2) is 32.4 Å². The smallest absolute Gasteiger partial charge is 0.664 e. The Kier molecular flexibility index (Phi) is 17.4. The molecule has 0 radical (unpaired) electrons. The minimum absolute atomic E-state index is 0. The minimum atomic E-state index is 0. The zero-order chi connectivity index (χ0) is 59.6. The monoisotopic (exact) mass is 1330 g/mol. The molecule has 16 bridgehead atoms. The molecule has 0 amide bonds. The van der Waals surface area contributed by atoms with Crippen molar-refractivity contribution in [2.45, 2.75) is 41.5 Å². The van der Waals surface area contributed by atoms with Crippen LogP contribution in [0.5, 0.6) is 0 Å². The van der Waals surface area contributed by atoms with Gasteiger partial charge >= 0.3 is 58.4 Å². The van der Waals surface area contributed by atoms with Crippen LogP contribution < -0.4 is 29.9 Å². The Morgan fingerprint density at radius 3 is 0.846 bits per heavy atom. The van der Waals surface area contributed by atoms with Crippen molar-refractivity contribution in [3.05, 3.63) is 271 Å². The van der Waals surface area contributed by atoms with Crippen LogP contribution in [0.3, 0.4) is 0 Å². The van der Waals surface area contributed by atoms with Gasteiger partial charge in [0.15, 0.2) is 0 Å². The Morgan fingerprint density at radius 1 is 0.297 bits per heavy atom. The fourth-order valence-electron chi connectivity index (χ4n) is 11.9. The summed E-state index contributed by atoms with van der Waals surface area (Å²) in [6.07, 6.45) is 31.7. The van der Waals surface area contributed by atoms with Gasteiger partial charge in [-0.25, -0.2) is 19.9 Å². The molecular formula is C76H54N12Zn3. The van der Waals surface area contributed by atoms with Crippen molar-refractivity contribution in [1.82, 2.24) is 49.8 Å². The van der Waals surface area contributed by atoms with Crippen LogP contribution in [0.15, 0.2) is 179 Å². The van der Waals surface area contributed by atoms with E-state index in [-0.39, 0.29) is 58.4 Å². The molecule has 0 N–H and O–H groups in total. The van der Waals surface area contributed by atoms with Gasteiger partial charge < -0.3 is 29.9 Å². The maximum absolute atomic E-state index is 5.13. The van der Waals surface area contributed by atoms with Gasteiger partial charge in [-0.15, -0.1) is 55.5 Å². The first-order chi connectivity index (χ1) is 43.1. The van der Waals surface area contributed by atoms with E-state index in [1.165, 1.54) is 0 Å². The summed E-state index contributed by atoms with van der Waals surface area (Å²) in [4.78, 5) is 58.6. The maximum Gasteiger partial charge on any atom is 2.00 e. The maximum atomic E-state index is 5.13. The van der Waals surface area contributed by atoms with Crippen molar-refractivity contribution in [3.8, 4) is 22.3 Å². The van der Waals surface area contributed by atoms with Gasteiger partial charge in [-0.1, -0.05) is 121 Å². The molecule has 14 heterocycles. The molecule has 16 rings (SSSR count). The topological polar surface area (TPSA) is 161 Å². The number of hydrogen-bond acceptors (Lipinski definition) is 6. The third-order valence-corrected chi connectivity index (χ3v) is 16.9. The molecule has 0 saturated heterocycles. The zero-order valence-corrected chi connectivity index (χ0v) is 60.2. The summed E-state index contributed by atoms with van der Waals surface area (Å²) < 4.78 is 0. The summed E-state index contributed by atoms with van der Waals surface area (Å²) in [6, 6.07) is 41.6. The van der Waals surface area contributed by atoms with Crippen molar-refractivity contribution >= 4 is 116 Å². The molecular weight excluding hydrogens is 1280 g/mol. The van der Waals surface area contributed by atoms with E-state index in [4.69, 9.17) is 39.9 Å². The largest absolute Gasteiger partial charge is 2.00 e. The van der Waals surface area contributed by atoms with E-state index in [9.17, 15) is 0 Å². The molecule has 10 aromatic rings. The van der Waals surface area contributed by atoms with Crippen molar-refractivity contribution in [3.63, 3.8) is 0 Å². The molecule has 91 heavy (non-hydrogen) atoms. The van der Waals surface area contributed by atoms with E-state index in [1.54, 1.807) is 0 Å². The van der Waals surface area contributed by atoms with E-state index in [0.29, 0.717) is 0 Å². The Morgan fingerprint density at radius 2 is 0.571 bits per heavy atom. The number of hydrogen-bond donors (Lipinski definition) is 0. The first-order valence-electron chi connectivity index (χ1n) is 29.3. The van der Waals surface area contributed by atoms with Crippen molar-refractivity contribution in [2.75, 3.05) is 0 Å². The predicted molar refractivity (Wildman–Crippen MR) is 360 cm³/mol. The second-order valence-electron chi connectivity index (χ2n) is 22.2. The Labute approximate surface area is 564 Å². The molecule has 8 aromatic heterocycles.